The molecule has 0 spiro atoms. The molecule has 0 aliphatic rings. The fraction of sp³-hybridized carbons (Fsp3) is 0.412. The van der Waals surface area contributed by atoms with Gasteiger partial charge in [0.15, 0.2) is 10.8 Å². The van der Waals surface area contributed by atoms with E-state index < -0.39 is 5.54 Å². The van der Waals surface area contributed by atoms with Crippen LogP contribution in [0.25, 0.3) is 0 Å². The highest BCUT2D eigenvalue weighted by Crippen LogP contribution is 2.21. The molecule has 0 aliphatic carbocycles. The molecule has 1 N–H and O–H groups in total. The van der Waals surface area contributed by atoms with E-state index in [1.165, 1.54) is 10.9 Å². The molecule has 1 aromatic carbocycles. The second-order valence-corrected chi connectivity index (χ2v) is 6.67. The molecule has 6 heteroatoms. The van der Waals surface area contributed by atoms with Crippen molar-refractivity contribution in [1.82, 2.24) is 9.78 Å². The van der Waals surface area contributed by atoms with Gasteiger partial charge in [-0.25, -0.2) is 4.68 Å². The Balaban J connectivity index is 2.12. The van der Waals surface area contributed by atoms with Crippen molar-refractivity contribution in [3.05, 3.63) is 57.0 Å². The number of hydrogen-bond acceptors (Lipinski definition) is 4. The average molecular weight is 337 g/mol. The Morgan fingerprint density at radius 2 is 1.83 bits per heavy atom. The minimum atomic E-state index is -0.443. The van der Waals surface area contributed by atoms with Crippen LogP contribution in [-0.2, 0) is 18.6 Å². The molecule has 124 valence electrons. The van der Waals surface area contributed by atoms with Crippen molar-refractivity contribution in [3.63, 3.8) is 0 Å². The molecule has 5 nitrogen and oxygen atoms in total. The van der Waals surface area contributed by atoms with Crippen LogP contribution in [0.15, 0.2) is 35.3 Å². The highest BCUT2D eigenvalue weighted by Gasteiger charge is 2.19. The Bertz CT molecular complexity index is 718. The van der Waals surface area contributed by atoms with Gasteiger partial charge < -0.3 is 9.84 Å². The molecule has 0 fully saturated rings. The monoisotopic (exact) mass is 336 g/mol. The molecule has 0 saturated heterocycles. The Hall–Kier alpha value is -1.85. The van der Waals surface area contributed by atoms with E-state index in [2.05, 4.69) is 5.10 Å². The summed E-state index contributed by atoms with van der Waals surface area (Å²) in [6.07, 6.45) is 2.09. The molecule has 0 aliphatic heterocycles. The number of hydrogen-bond donors (Lipinski definition) is 1. The maximum Gasteiger partial charge on any atom is 0.289 e. The second-order valence-electron chi connectivity index (χ2n) is 6.29. The molecule has 0 unspecified atom stereocenters. The molecule has 2 rings (SSSR count). The van der Waals surface area contributed by atoms with E-state index >= 15 is 0 Å². The summed E-state index contributed by atoms with van der Waals surface area (Å²) in [5, 5.41) is 13.1. The minimum Gasteiger partial charge on any atom is -0.485 e. The zero-order valence-corrected chi connectivity index (χ0v) is 14.3. The average Bonchev–Trinajstić information content (AvgIpc) is 2.49. The lowest BCUT2D eigenvalue weighted by Crippen LogP contribution is -2.36. The first-order valence-corrected chi connectivity index (χ1v) is 7.80. The molecule has 0 saturated carbocycles. The normalized spacial score (nSPS) is 11.5. The van der Waals surface area contributed by atoms with Crippen LogP contribution in [-0.4, -0.2) is 21.5 Å². The van der Waals surface area contributed by atoms with Gasteiger partial charge in [-0.3, -0.25) is 4.79 Å². The molecule has 0 atom stereocenters. The van der Waals surface area contributed by atoms with E-state index in [0.29, 0.717) is 13.0 Å². The highest BCUT2D eigenvalue weighted by molar-refractivity contribution is 6.31. The van der Waals surface area contributed by atoms with Gasteiger partial charge >= 0.3 is 0 Å². The van der Waals surface area contributed by atoms with E-state index in [9.17, 15) is 4.79 Å². The van der Waals surface area contributed by atoms with Crippen LogP contribution in [0.4, 0.5) is 0 Å². The molecule has 1 aromatic heterocycles. The predicted octanol–water partition coefficient (Wildman–Crippen LogP) is 2.77. The van der Waals surface area contributed by atoms with Gasteiger partial charge in [-0.05, 0) is 38.3 Å². The van der Waals surface area contributed by atoms with E-state index in [1.807, 2.05) is 45.0 Å². The van der Waals surface area contributed by atoms with Gasteiger partial charge in [-0.2, -0.15) is 5.10 Å². The largest absolute Gasteiger partial charge is 0.485 e. The van der Waals surface area contributed by atoms with Crippen molar-refractivity contribution in [2.75, 3.05) is 6.61 Å². The summed E-state index contributed by atoms with van der Waals surface area (Å²) >= 11 is 6.11. The third kappa shape index (κ3) is 4.33. The standard InChI is InChI=1S/C17H21ClN2O3/c1-17(2,3)20-16(22)15(18)14(10-19-20)23-11-13-6-4-12(5-7-13)8-9-21/h4-7,10,21H,8-9,11H2,1-3H3. The number of nitrogens with zero attached hydrogens (tertiary/aromatic N) is 2. The van der Waals surface area contributed by atoms with Gasteiger partial charge in [0, 0.05) is 6.61 Å². The molecule has 1 heterocycles. The van der Waals surface area contributed by atoms with Crippen LogP contribution in [0.2, 0.25) is 5.02 Å². The summed E-state index contributed by atoms with van der Waals surface area (Å²) in [5.74, 6) is 0.275. The van der Waals surface area contributed by atoms with Gasteiger partial charge in [0.1, 0.15) is 6.61 Å². The van der Waals surface area contributed by atoms with E-state index in [1.54, 1.807) is 0 Å². The third-order valence-electron chi connectivity index (χ3n) is 3.34. The van der Waals surface area contributed by atoms with Crippen molar-refractivity contribution in [3.8, 4) is 5.75 Å². The Kier molecular flexibility index (Phi) is 5.44. The quantitative estimate of drug-likeness (QED) is 0.911. The molecule has 2 aromatic rings. The lowest BCUT2D eigenvalue weighted by molar-refractivity contribution is 0.292. The number of aromatic nitrogens is 2. The van der Waals surface area contributed by atoms with Gasteiger partial charge in [0.25, 0.3) is 5.56 Å². The summed E-state index contributed by atoms with van der Waals surface area (Å²) in [6.45, 7) is 6.06. The van der Waals surface area contributed by atoms with E-state index in [4.69, 9.17) is 21.4 Å². The summed E-state index contributed by atoms with van der Waals surface area (Å²) < 4.78 is 6.95. The van der Waals surface area contributed by atoms with Crippen LogP contribution in [0.5, 0.6) is 5.75 Å². The highest BCUT2D eigenvalue weighted by atomic mass is 35.5. The molecular formula is C17H21ClN2O3. The van der Waals surface area contributed by atoms with Crippen molar-refractivity contribution < 1.29 is 9.84 Å². The lowest BCUT2D eigenvalue weighted by Gasteiger charge is -2.21. The zero-order chi connectivity index (χ0) is 17.0. The van der Waals surface area contributed by atoms with Crippen molar-refractivity contribution in [2.24, 2.45) is 0 Å². The van der Waals surface area contributed by atoms with Crippen LogP contribution >= 0.6 is 11.6 Å². The summed E-state index contributed by atoms with van der Waals surface area (Å²) in [4.78, 5) is 12.2. The van der Waals surface area contributed by atoms with Crippen molar-refractivity contribution in [2.45, 2.75) is 39.3 Å². The Morgan fingerprint density at radius 3 is 2.39 bits per heavy atom. The van der Waals surface area contributed by atoms with Crippen LogP contribution < -0.4 is 10.3 Å². The number of rotatable bonds is 5. The van der Waals surface area contributed by atoms with Gasteiger partial charge in [-0.1, -0.05) is 35.9 Å². The van der Waals surface area contributed by atoms with E-state index in [0.717, 1.165) is 11.1 Å². The smallest absolute Gasteiger partial charge is 0.289 e. The first-order valence-electron chi connectivity index (χ1n) is 7.42. The maximum absolute atomic E-state index is 12.2. The topological polar surface area (TPSA) is 64.3 Å². The number of halogens is 1. The SMILES string of the molecule is CC(C)(C)n1ncc(OCc2ccc(CCO)cc2)c(Cl)c1=O. The predicted molar refractivity (Wildman–Crippen MR) is 90.1 cm³/mol. The number of aliphatic hydroxyl groups is 1. The molecule has 0 bridgehead atoms. The van der Waals surface area contributed by atoms with Crippen molar-refractivity contribution in [1.29, 1.82) is 0 Å². The van der Waals surface area contributed by atoms with E-state index in [-0.39, 0.29) is 22.9 Å². The molecule has 23 heavy (non-hydrogen) atoms. The summed E-state index contributed by atoms with van der Waals surface area (Å²) in [5.41, 5.74) is 1.20. The Morgan fingerprint density at radius 1 is 1.22 bits per heavy atom. The van der Waals surface area contributed by atoms with Crippen LogP contribution in [0, 0.1) is 0 Å². The van der Waals surface area contributed by atoms with Gasteiger partial charge in [-0.15, -0.1) is 0 Å². The zero-order valence-electron chi connectivity index (χ0n) is 13.5. The lowest BCUT2D eigenvalue weighted by atomic mass is 10.1. The van der Waals surface area contributed by atoms with Gasteiger partial charge in [0.05, 0.1) is 11.7 Å². The molecule has 0 amide bonds. The fourth-order valence-corrected chi connectivity index (χ4v) is 2.27. The number of aliphatic hydroxyl groups excluding tert-OH is 1. The van der Waals surface area contributed by atoms with Gasteiger partial charge in [0.2, 0.25) is 0 Å². The third-order valence-corrected chi connectivity index (χ3v) is 3.69. The Labute approximate surface area is 140 Å². The second kappa shape index (κ2) is 7.15. The molecular weight excluding hydrogens is 316 g/mol. The first kappa shape index (κ1) is 17.5. The number of ether oxygens (including phenoxy) is 1. The summed E-state index contributed by atoms with van der Waals surface area (Å²) in [7, 11) is 0. The number of benzene rings is 1. The maximum atomic E-state index is 12.2. The first-order chi connectivity index (χ1) is 10.8. The van der Waals surface area contributed by atoms with Crippen LogP contribution in [0.1, 0.15) is 31.9 Å². The van der Waals surface area contributed by atoms with Crippen molar-refractivity contribution >= 4 is 11.6 Å². The summed E-state index contributed by atoms with van der Waals surface area (Å²) in [6, 6.07) is 7.71. The fourth-order valence-electron chi connectivity index (χ4n) is 2.09. The molecule has 0 radical (unpaired) electrons. The minimum absolute atomic E-state index is 0.0341. The van der Waals surface area contributed by atoms with Crippen LogP contribution in [0.3, 0.4) is 0 Å².